The maximum Gasteiger partial charge on any atom is 0.257 e. The molecule has 2 saturated carbocycles. The summed E-state index contributed by atoms with van der Waals surface area (Å²) < 4.78 is 0. The van der Waals surface area contributed by atoms with E-state index in [1.54, 1.807) is 24.3 Å². The molecule has 31 heavy (non-hydrogen) atoms. The summed E-state index contributed by atoms with van der Waals surface area (Å²) in [5, 5.41) is 2.91. The molecule has 3 amide bonds. The number of carbonyl (C=O) groups is 3. The number of fused-ring (bicyclic) bond motifs is 5. The van der Waals surface area contributed by atoms with E-state index >= 15 is 0 Å². The van der Waals surface area contributed by atoms with Crippen LogP contribution >= 0.6 is 31.9 Å². The van der Waals surface area contributed by atoms with Crippen molar-refractivity contribution in [3.05, 3.63) is 59.2 Å². The third kappa shape index (κ3) is 3.11. The summed E-state index contributed by atoms with van der Waals surface area (Å²) in [5.74, 6) is -1.06. The van der Waals surface area contributed by atoms with Crippen molar-refractivity contribution in [2.45, 2.75) is 29.9 Å². The standard InChI is InChI=1S/C24H22Br2N2O3/c1-11-7-8-13(9-12(11)2)27-22(29)14-5-3-4-6-17(14)28-23(30)18-15-10-16(19(18)24(28)31)21(26)20(15)25/h3-9,15-16,18-21H,10H2,1-2H3,(H,27,29)/t15-,16-,18-,19+,20-,21+/m1/s1. The van der Waals surface area contributed by atoms with Gasteiger partial charge in [-0.15, -0.1) is 0 Å². The van der Waals surface area contributed by atoms with Crippen molar-refractivity contribution in [3.63, 3.8) is 0 Å². The number of hydrogen-bond acceptors (Lipinski definition) is 3. The second kappa shape index (κ2) is 7.55. The Bertz CT molecular complexity index is 1090. The molecule has 1 heterocycles. The van der Waals surface area contributed by atoms with E-state index in [4.69, 9.17) is 0 Å². The van der Waals surface area contributed by atoms with Gasteiger partial charge in [0.25, 0.3) is 5.91 Å². The first-order chi connectivity index (χ1) is 14.8. The Kier molecular flexibility index (Phi) is 5.09. The minimum atomic E-state index is -0.337. The molecule has 3 fully saturated rings. The van der Waals surface area contributed by atoms with Crippen LogP contribution in [-0.4, -0.2) is 27.4 Å². The zero-order valence-electron chi connectivity index (χ0n) is 17.1. The van der Waals surface area contributed by atoms with Crippen molar-refractivity contribution in [1.29, 1.82) is 0 Å². The lowest BCUT2D eigenvalue weighted by Gasteiger charge is -2.28. The van der Waals surface area contributed by atoms with Gasteiger partial charge in [0.05, 0.1) is 23.1 Å². The molecule has 7 heteroatoms. The lowest BCUT2D eigenvalue weighted by Crippen LogP contribution is -2.37. The van der Waals surface area contributed by atoms with Crippen LogP contribution in [0.1, 0.15) is 27.9 Å². The molecule has 2 aromatic carbocycles. The van der Waals surface area contributed by atoms with Gasteiger partial charge in [-0.25, -0.2) is 4.90 Å². The number of halogens is 2. The highest BCUT2D eigenvalue weighted by atomic mass is 79.9. The number of benzene rings is 2. The molecular formula is C24H22Br2N2O3. The zero-order chi connectivity index (χ0) is 22.0. The van der Waals surface area contributed by atoms with E-state index < -0.39 is 0 Å². The molecule has 3 aliphatic rings. The van der Waals surface area contributed by atoms with Crippen LogP contribution in [0.25, 0.3) is 0 Å². The average molecular weight is 546 g/mol. The lowest BCUT2D eigenvalue weighted by atomic mass is 9.81. The minimum absolute atomic E-state index is 0.136. The van der Waals surface area contributed by atoms with Gasteiger partial charge in [-0.3, -0.25) is 14.4 Å². The summed E-state index contributed by atoms with van der Waals surface area (Å²) in [4.78, 5) is 41.5. The summed E-state index contributed by atoms with van der Waals surface area (Å²) >= 11 is 7.43. The number of amides is 3. The molecule has 0 radical (unpaired) electrons. The number of nitrogens with zero attached hydrogens (tertiary/aromatic N) is 1. The fourth-order valence-electron chi connectivity index (χ4n) is 5.46. The van der Waals surface area contributed by atoms with E-state index in [0.29, 0.717) is 16.9 Å². The Hall–Kier alpha value is -1.99. The van der Waals surface area contributed by atoms with E-state index in [2.05, 4.69) is 37.2 Å². The minimum Gasteiger partial charge on any atom is -0.322 e. The van der Waals surface area contributed by atoms with E-state index in [9.17, 15) is 14.4 Å². The van der Waals surface area contributed by atoms with Crippen LogP contribution in [0, 0.1) is 37.5 Å². The highest BCUT2D eigenvalue weighted by molar-refractivity contribution is 9.12. The number of rotatable bonds is 3. The van der Waals surface area contributed by atoms with Gasteiger partial charge in [0.15, 0.2) is 0 Å². The molecule has 6 atom stereocenters. The molecule has 2 aliphatic carbocycles. The molecule has 0 spiro atoms. The summed E-state index contributed by atoms with van der Waals surface area (Å²) in [5.41, 5.74) is 3.59. The van der Waals surface area contributed by atoms with E-state index in [0.717, 1.165) is 17.5 Å². The fourth-order valence-corrected chi connectivity index (χ4v) is 7.34. The highest BCUT2D eigenvalue weighted by Gasteiger charge is 2.66. The molecule has 0 aromatic heterocycles. The van der Waals surface area contributed by atoms with Crippen LogP contribution in [0.15, 0.2) is 42.5 Å². The number of nitrogens with one attached hydrogen (secondary N) is 1. The van der Waals surface area contributed by atoms with E-state index in [1.807, 2.05) is 32.0 Å². The third-order valence-electron chi connectivity index (χ3n) is 7.14. The SMILES string of the molecule is Cc1ccc(NC(=O)c2ccccc2N2C(=O)[C@@H]3[C@H]4C[C@@H]([C@H](Br)[C@@H]4Br)[C@@H]3C2=O)cc1C. The van der Waals surface area contributed by atoms with Crippen LogP contribution in [0.5, 0.6) is 0 Å². The molecule has 1 saturated heterocycles. The summed E-state index contributed by atoms with van der Waals surface area (Å²) in [7, 11) is 0. The molecular weight excluding hydrogens is 524 g/mol. The van der Waals surface area contributed by atoms with Gasteiger partial charge in [-0.05, 0) is 67.5 Å². The fraction of sp³-hybridized carbons (Fsp3) is 0.375. The summed E-state index contributed by atoms with van der Waals surface area (Å²) in [6.07, 6.45) is 0.876. The third-order valence-corrected chi connectivity index (χ3v) is 10.3. The largest absolute Gasteiger partial charge is 0.322 e. The first kappa shape index (κ1) is 20.9. The quantitative estimate of drug-likeness (QED) is 0.443. The smallest absolute Gasteiger partial charge is 0.257 e. The number of imide groups is 1. The number of alkyl halides is 2. The monoisotopic (exact) mass is 544 g/mol. The van der Waals surface area contributed by atoms with Crippen molar-refractivity contribution >= 4 is 61.0 Å². The predicted octanol–water partition coefficient (Wildman–Crippen LogP) is 4.84. The van der Waals surface area contributed by atoms with Crippen LogP contribution in [0.4, 0.5) is 11.4 Å². The molecule has 1 N–H and O–H groups in total. The molecule has 0 unspecified atom stereocenters. The molecule has 5 rings (SSSR count). The highest BCUT2D eigenvalue weighted by Crippen LogP contribution is 2.60. The van der Waals surface area contributed by atoms with Crippen molar-refractivity contribution in [1.82, 2.24) is 0 Å². The van der Waals surface area contributed by atoms with Gasteiger partial charge in [-0.1, -0.05) is 50.1 Å². The van der Waals surface area contributed by atoms with E-state index in [1.165, 1.54) is 4.90 Å². The van der Waals surface area contributed by atoms with Crippen LogP contribution in [-0.2, 0) is 9.59 Å². The normalized spacial score (nSPS) is 31.3. The molecule has 2 bridgehead atoms. The Morgan fingerprint density at radius 1 is 0.935 bits per heavy atom. The van der Waals surface area contributed by atoms with Crippen molar-refractivity contribution in [2.24, 2.45) is 23.7 Å². The van der Waals surface area contributed by atoms with Gasteiger partial charge in [0.1, 0.15) is 0 Å². The first-order valence-electron chi connectivity index (χ1n) is 10.4. The number of para-hydroxylation sites is 1. The van der Waals surface area contributed by atoms with Crippen molar-refractivity contribution < 1.29 is 14.4 Å². The molecule has 2 aromatic rings. The van der Waals surface area contributed by atoms with Gasteiger partial charge < -0.3 is 5.32 Å². The zero-order valence-corrected chi connectivity index (χ0v) is 20.3. The van der Waals surface area contributed by atoms with Gasteiger partial charge in [-0.2, -0.15) is 0 Å². The average Bonchev–Trinajstić information content (AvgIpc) is 3.35. The van der Waals surface area contributed by atoms with Crippen LogP contribution in [0.2, 0.25) is 0 Å². The number of anilines is 2. The molecule has 160 valence electrons. The number of hydrogen-bond donors (Lipinski definition) is 1. The topological polar surface area (TPSA) is 66.5 Å². The molecule has 1 aliphatic heterocycles. The van der Waals surface area contributed by atoms with Crippen LogP contribution < -0.4 is 10.2 Å². The van der Waals surface area contributed by atoms with Crippen molar-refractivity contribution in [2.75, 3.05) is 10.2 Å². The second-order valence-corrected chi connectivity index (χ2v) is 10.9. The van der Waals surface area contributed by atoms with Gasteiger partial charge in [0.2, 0.25) is 11.8 Å². The Morgan fingerprint density at radius 3 is 2.16 bits per heavy atom. The Morgan fingerprint density at radius 2 is 1.55 bits per heavy atom. The Balaban J connectivity index is 1.47. The van der Waals surface area contributed by atoms with Crippen molar-refractivity contribution in [3.8, 4) is 0 Å². The Labute approximate surface area is 197 Å². The van der Waals surface area contributed by atoms with E-state index in [-0.39, 0.29) is 51.0 Å². The van der Waals surface area contributed by atoms with Gasteiger partial charge in [0, 0.05) is 15.3 Å². The maximum absolute atomic E-state index is 13.4. The summed E-state index contributed by atoms with van der Waals surface area (Å²) in [6.45, 7) is 4.00. The maximum atomic E-state index is 13.4. The lowest BCUT2D eigenvalue weighted by molar-refractivity contribution is -0.123. The number of aryl methyl sites for hydroxylation is 2. The summed E-state index contributed by atoms with van der Waals surface area (Å²) in [6, 6.07) is 12.6. The predicted molar refractivity (Wildman–Crippen MR) is 127 cm³/mol. The van der Waals surface area contributed by atoms with Gasteiger partial charge >= 0.3 is 0 Å². The second-order valence-electron chi connectivity index (χ2n) is 8.79. The first-order valence-corrected chi connectivity index (χ1v) is 12.3. The number of carbonyl (C=O) groups excluding carboxylic acids is 3. The molecule has 5 nitrogen and oxygen atoms in total. The van der Waals surface area contributed by atoms with Crippen LogP contribution in [0.3, 0.4) is 0 Å².